The molecule has 0 unspecified atom stereocenters. The van der Waals surface area contributed by atoms with Crippen molar-refractivity contribution in [3.63, 3.8) is 0 Å². The summed E-state index contributed by atoms with van der Waals surface area (Å²) in [7, 11) is 0. The minimum atomic E-state index is 0.428. The van der Waals surface area contributed by atoms with Gasteiger partial charge in [-0.2, -0.15) is 0 Å². The van der Waals surface area contributed by atoms with Crippen LogP contribution in [0.3, 0.4) is 0 Å². The molecule has 0 amide bonds. The Hall–Kier alpha value is -3.06. The fourth-order valence-corrected chi connectivity index (χ4v) is 5.87. The van der Waals surface area contributed by atoms with Crippen LogP contribution in [-0.4, -0.2) is 4.76 Å². The van der Waals surface area contributed by atoms with E-state index in [9.17, 15) is 10.1 Å². The lowest BCUT2D eigenvalue weighted by Gasteiger charge is -2.38. The average Bonchev–Trinajstić information content (AvgIpc) is 3.40. The first kappa shape index (κ1) is 15.9. The molecule has 2 aromatic carbocycles. The van der Waals surface area contributed by atoms with E-state index in [0.29, 0.717) is 22.8 Å². The molecule has 0 spiro atoms. The molecule has 2 aromatic heterocycles. The van der Waals surface area contributed by atoms with Gasteiger partial charge in [-0.25, -0.2) is 0 Å². The summed E-state index contributed by atoms with van der Waals surface area (Å²) in [6, 6.07) is 19.1. The molecule has 2 aliphatic heterocycles. The molecule has 0 saturated heterocycles. The molecule has 2 aliphatic rings. The van der Waals surface area contributed by atoms with Crippen LogP contribution in [0.25, 0.3) is 33.6 Å². The fraction of sp³-hybridized carbons (Fsp3) is 0. The van der Waals surface area contributed by atoms with E-state index in [2.05, 4.69) is 0 Å². The quantitative estimate of drug-likeness (QED) is 0.308. The lowest BCUT2D eigenvalue weighted by molar-refractivity contribution is -0.356. The number of thiophene rings is 2. The standard InChI is InChI=1S/C22H12N2O2S2/c25-23-17-7-3-1-5-13(17)15-9-11-27-21(15)19(23)20-22-16(10-12-28-22)14-6-2-4-8-18(14)24(20)26/h1-12H. The maximum Gasteiger partial charge on any atom is 0.305 e. The first-order chi connectivity index (χ1) is 13.8. The Labute approximate surface area is 168 Å². The predicted molar refractivity (Wildman–Crippen MR) is 115 cm³/mol. The number of anilines is 1. The summed E-state index contributed by atoms with van der Waals surface area (Å²) in [6.07, 6.45) is 0. The zero-order valence-corrected chi connectivity index (χ0v) is 16.1. The van der Waals surface area contributed by atoms with Gasteiger partial charge in [0.1, 0.15) is 10.6 Å². The highest BCUT2D eigenvalue weighted by Gasteiger charge is 2.41. The maximum absolute atomic E-state index is 13.5. The Bertz CT molecular complexity index is 1320. The van der Waals surface area contributed by atoms with Gasteiger partial charge in [-0.1, -0.05) is 30.3 Å². The van der Waals surface area contributed by atoms with Crippen LogP contribution in [0.4, 0.5) is 11.4 Å². The second kappa shape index (κ2) is 5.72. The molecule has 134 valence electrons. The van der Waals surface area contributed by atoms with E-state index < -0.39 is 0 Å². The zero-order chi connectivity index (χ0) is 18.8. The number of nitroso groups, excluding NO2 is 1. The van der Waals surface area contributed by atoms with Gasteiger partial charge in [0.15, 0.2) is 0 Å². The monoisotopic (exact) mass is 400 g/mol. The molecule has 0 fully saturated rings. The molecule has 6 heteroatoms. The number of rotatable bonds is 0. The van der Waals surface area contributed by atoms with Gasteiger partial charge in [-0.05, 0) is 35.0 Å². The molecule has 4 heterocycles. The Balaban J connectivity index is 1.72. The highest BCUT2D eigenvalue weighted by atomic mass is 32.1. The van der Waals surface area contributed by atoms with Crippen molar-refractivity contribution in [1.82, 2.24) is 0 Å². The predicted octanol–water partition coefficient (Wildman–Crippen LogP) is 6.71. The third-order valence-electron chi connectivity index (χ3n) is 5.22. The van der Waals surface area contributed by atoms with Crippen molar-refractivity contribution in [2.45, 2.75) is 0 Å². The molecule has 0 aliphatic carbocycles. The van der Waals surface area contributed by atoms with Crippen LogP contribution in [-0.2, 0) is 0 Å². The SMILES string of the molecule is O=[N+]1C(=C2c3sccc3-c3ccccc3N2[O-])c2sccc2-c2ccccc21. The van der Waals surface area contributed by atoms with Crippen molar-refractivity contribution in [2.24, 2.45) is 0 Å². The fourth-order valence-electron chi connectivity index (χ4n) is 4.00. The molecule has 28 heavy (non-hydrogen) atoms. The third kappa shape index (κ3) is 1.97. The average molecular weight is 400 g/mol. The first-order valence-corrected chi connectivity index (χ1v) is 10.5. The van der Waals surface area contributed by atoms with Crippen LogP contribution in [0.1, 0.15) is 9.75 Å². The largest absolute Gasteiger partial charge is 0.754 e. The van der Waals surface area contributed by atoms with Crippen molar-refractivity contribution in [1.29, 1.82) is 0 Å². The van der Waals surface area contributed by atoms with E-state index >= 15 is 0 Å². The molecule has 0 saturated carbocycles. The number of hydroxylamine groups is 1. The van der Waals surface area contributed by atoms with E-state index in [-0.39, 0.29) is 0 Å². The van der Waals surface area contributed by atoms with Crippen LogP contribution >= 0.6 is 22.7 Å². The Kier molecular flexibility index (Phi) is 3.26. The van der Waals surface area contributed by atoms with Crippen molar-refractivity contribution >= 4 is 45.4 Å². The molecule has 4 aromatic rings. The van der Waals surface area contributed by atoms with Gasteiger partial charge < -0.3 is 10.3 Å². The second-order valence-corrected chi connectivity index (χ2v) is 8.48. The maximum atomic E-state index is 13.5. The molecule has 0 atom stereocenters. The Morgan fingerprint density at radius 1 is 0.750 bits per heavy atom. The summed E-state index contributed by atoms with van der Waals surface area (Å²) in [5.74, 6) is 0. The Morgan fingerprint density at radius 2 is 1.39 bits per heavy atom. The van der Waals surface area contributed by atoms with Gasteiger partial charge in [0, 0.05) is 33.4 Å². The van der Waals surface area contributed by atoms with Crippen LogP contribution in [0.5, 0.6) is 0 Å². The van der Waals surface area contributed by atoms with E-state index in [1.54, 1.807) is 0 Å². The summed E-state index contributed by atoms with van der Waals surface area (Å²) in [5, 5.41) is 18.3. The minimum absolute atomic E-state index is 0.428. The lowest BCUT2D eigenvalue weighted by atomic mass is 9.94. The van der Waals surface area contributed by atoms with E-state index in [4.69, 9.17) is 0 Å². The smallest absolute Gasteiger partial charge is 0.305 e. The molecule has 6 rings (SSSR count). The van der Waals surface area contributed by atoms with Gasteiger partial charge >= 0.3 is 5.70 Å². The molecule has 0 bridgehead atoms. The number of benzene rings is 2. The summed E-state index contributed by atoms with van der Waals surface area (Å²) in [5.41, 5.74) is 5.80. The molecular formula is C22H12N2O2S2. The van der Waals surface area contributed by atoms with Crippen LogP contribution in [0.2, 0.25) is 0 Å². The number of hydrogen-bond acceptors (Lipinski definition) is 5. The van der Waals surface area contributed by atoms with Crippen LogP contribution in [0, 0.1) is 10.1 Å². The first-order valence-electron chi connectivity index (χ1n) is 8.79. The summed E-state index contributed by atoms with van der Waals surface area (Å²) >= 11 is 2.99. The minimum Gasteiger partial charge on any atom is -0.754 e. The van der Waals surface area contributed by atoms with Gasteiger partial charge in [0.25, 0.3) is 5.69 Å². The van der Waals surface area contributed by atoms with Crippen LogP contribution in [0.15, 0.2) is 71.4 Å². The van der Waals surface area contributed by atoms with Gasteiger partial charge in [0.05, 0.1) is 15.2 Å². The molecular weight excluding hydrogens is 388 g/mol. The number of fused-ring (bicyclic) bond motifs is 6. The third-order valence-corrected chi connectivity index (χ3v) is 7.06. The highest BCUT2D eigenvalue weighted by Crippen LogP contribution is 2.53. The van der Waals surface area contributed by atoms with Crippen molar-refractivity contribution in [3.8, 4) is 22.3 Å². The van der Waals surface area contributed by atoms with Crippen molar-refractivity contribution < 1.29 is 4.76 Å². The topological polar surface area (TPSA) is 46.4 Å². The highest BCUT2D eigenvalue weighted by molar-refractivity contribution is 7.13. The normalized spacial score (nSPS) is 17.0. The molecule has 4 nitrogen and oxygen atoms in total. The van der Waals surface area contributed by atoms with E-state index in [0.717, 1.165) is 41.8 Å². The molecule has 0 N–H and O–H groups in total. The van der Waals surface area contributed by atoms with E-state index in [1.165, 1.54) is 22.7 Å². The van der Waals surface area contributed by atoms with Gasteiger partial charge in [-0.3, -0.25) is 0 Å². The second-order valence-electron chi connectivity index (χ2n) is 6.65. The Morgan fingerprint density at radius 3 is 2.21 bits per heavy atom. The van der Waals surface area contributed by atoms with Crippen molar-refractivity contribution in [2.75, 3.05) is 5.06 Å². The van der Waals surface area contributed by atoms with Crippen LogP contribution < -0.4 is 5.06 Å². The van der Waals surface area contributed by atoms with E-state index in [1.807, 2.05) is 71.4 Å². The lowest BCUT2D eigenvalue weighted by Crippen LogP contribution is -2.22. The summed E-state index contributed by atoms with van der Waals surface area (Å²) < 4.78 is 0.922. The summed E-state index contributed by atoms with van der Waals surface area (Å²) in [6.45, 7) is 0. The van der Waals surface area contributed by atoms with Gasteiger partial charge in [0.2, 0.25) is 0 Å². The zero-order valence-electron chi connectivity index (χ0n) is 14.5. The summed E-state index contributed by atoms with van der Waals surface area (Å²) in [4.78, 5) is 15.1. The molecule has 0 radical (unpaired) electrons. The van der Waals surface area contributed by atoms with Gasteiger partial charge in [-0.15, -0.1) is 22.7 Å². The van der Waals surface area contributed by atoms with Crippen molar-refractivity contribution in [3.05, 3.63) is 91.3 Å². The number of nitrogens with zero attached hydrogens (tertiary/aromatic N) is 2. The number of hydrogen-bond donors (Lipinski definition) is 0. The number of para-hydroxylation sites is 2.